The van der Waals surface area contributed by atoms with Crippen molar-refractivity contribution in [1.29, 1.82) is 0 Å². The lowest BCUT2D eigenvalue weighted by Gasteiger charge is -2.12. The number of hydrogen-bond donors (Lipinski definition) is 0. The quantitative estimate of drug-likeness (QED) is 0.166. The van der Waals surface area contributed by atoms with Crippen LogP contribution in [0.2, 0.25) is 0 Å². The first kappa shape index (κ1) is 27.5. The van der Waals surface area contributed by atoms with Crippen LogP contribution in [-0.2, 0) is 6.54 Å². The number of rotatable bonds is 6. The first-order valence-corrected chi connectivity index (χ1v) is 16.6. The smallest absolute Gasteiger partial charge is 0.0744 e. The van der Waals surface area contributed by atoms with Crippen LogP contribution in [-0.4, -0.2) is 17.0 Å². The number of benzene rings is 7. The Hall–Kier alpha value is -5.84. The van der Waals surface area contributed by atoms with E-state index in [1.807, 2.05) is 47.7 Å². The highest BCUT2D eigenvalue weighted by Gasteiger charge is 2.21. The average Bonchev–Trinajstić information content (AvgIpc) is 3.70. The van der Waals surface area contributed by atoms with Gasteiger partial charge in [0.05, 0.1) is 33.7 Å². The lowest BCUT2D eigenvalue weighted by atomic mass is 9.99. The maximum Gasteiger partial charge on any atom is 0.0744 e. The molecule has 7 aromatic carbocycles. The third-order valence-corrected chi connectivity index (χ3v) is 10.3. The molecule has 0 bridgehead atoms. The molecular weight excluding hydrogens is 591 g/mol. The number of thiophene rings is 1. The molecule has 4 heteroatoms. The molecule has 0 radical (unpaired) electrons. The number of nitrogens with zero attached hydrogens (tertiary/aromatic N) is 3. The predicted molar refractivity (Wildman–Crippen MR) is 203 cm³/mol. The molecule has 222 valence electrons. The molecule has 0 saturated heterocycles. The molecule has 2 heterocycles. The van der Waals surface area contributed by atoms with E-state index in [1.54, 1.807) is 0 Å². The Balaban J connectivity index is 1.22. The van der Waals surface area contributed by atoms with E-state index in [2.05, 4.69) is 132 Å². The van der Waals surface area contributed by atoms with Gasteiger partial charge in [-0.15, -0.1) is 11.3 Å². The monoisotopic (exact) mass is 619 g/mol. The molecule has 9 aromatic rings. The maximum atomic E-state index is 5.16. The van der Waals surface area contributed by atoms with Crippen molar-refractivity contribution in [3.8, 4) is 5.69 Å². The molecule has 0 atom stereocenters. The van der Waals surface area contributed by atoms with Crippen molar-refractivity contribution in [2.24, 2.45) is 9.98 Å². The van der Waals surface area contributed by atoms with Gasteiger partial charge in [-0.1, -0.05) is 121 Å². The minimum Gasteiger partial charge on any atom is -0.308 e. The number of fused-ring (bicyclic) bond motifs is 10. The highest BCUT2D eigenvalue weighted by Crippen LogP contribution is 2.47. The van der Waals surface area contributed by atoms with Crippen LogP contribution in [0.1, 0.15) is 16.7 Å². The fraction of sp³-hybridized carbons (Fsp3) is 0.0233. The van der Waals surface area contributed by atoms with E-state index < -0.39 is 0 Å². The highest BCUT2D eigenvalue weighted by atomic mass is 32.1. The zero-order valence-electron chi connectivity index (χ0n) is 25.6. The van der Waals surface area contributed by atoms with Crippen LogP contribution in [0.25, 0.3) is 58.4 Å². The normalized spacial score (nSPS) is 12.1. The molecule has 0 aliphatic rings. The van der Waals surface area contributed by atoms with Crippen LogP contribution >= 0.6 is 11.3 Å². The molecule has 2 aromatic heterocycles. The molecule has 0 saturated carbocycles. The minimum atomic E-state index is 0.550. The van der Waals surface area contributed by atoms with Crippen LogP contribution in [0.4, 0.5) is 5.69 Å². The minimum absolute atomic E-state index is 0.550. The summed E-state index contributed by atoms with van der Waals surface area (Å²) in [5.41, 5.74) is 8.55. The number of hydrogen-bond acceptors (Lipinski definition) is 3. The molecule has 3 nitrogen and oxygen atoms in total. The summed E-state index contributed by atoms with van der Waals surface area (Å²) in [5, 5.41) is 7.84. The Bertz CT molecular complexity index is 2660. The van der Waals surface area contributed by atoms with Gasteiger partial charge in [0, 0.05) is 43.1 Å². The van der Waals surface area contributed by atoms with E-state index >= 15 is 0 Å². The van der Waals surface area contributed by atoms with E-state index in [9.17, 15) is 0 Å². The van der Waals surface area contributed by atoms with Gasteiger partial charge < -0.3 is 4.57 Å². The SMILES string of the molecule is C=Nc1ccccc1C(=NCc1ccc(-n2c3ccccc3c3c4ccccc4c4c5ccccc5sc4c32)cc1)c1ccccc1. The predicted octanol–water partition coefficient (Wildman–Crippen LogP) is 11.7. The van der Waals surface area contributed by atoms with Gasteiger partial charge in [-0.2, -0.15) is 0 Å². The van der Waals surface area contributed by atoms with Gasteiger partial charge in [0.25, 0.3) is 0 Å². The molecular formula is C43H29N3S. The molecule has 0 aliphatic carbocycles. The van der Waals surface area contributed by atoms with Crippen LogP contribution in [0.3, 0.4) is 0 Å². The van der Waals surface area contributed by atoms with Crippen LogP contribution < -0.4 is 0 Å². The van der Waals surface area contributed by atoms with E-state index in [0.29, 0.717) is 6.54 Å². The van der Waals surface area contributed by atoms with Crippen molar-refractivity contribution in [3.05, 3.63) is 168 Å². The summed E-state index contributed by atoms with van der Waals surface area (Å²) in [6, 6.07) is 53.8. The number of para-hydroxylation sites is 2. The molecule has 0 N–H and O–H groups in total. The summed E-state index contributed by atoms with van der Waals surface area (Å²) >= 11 is 1.89. The summed E-state index contributed by atoms with van der Waals surface area (Å²) in [7, 11) is 0. The average molecular weight is 620 g/mol. The van der Waals surface area contributed by atoms with Crippen LogP contribution in [0, 0.1) is 0 Å². The molecule has 0 spiro atoms. The van der Waals surface area contributed by atoms with Crippen molar-refractivity contribution in [2.75, 3.05) is 0 Å². The third kappa shape index (κ3) is 4.41. The highest BCUT2D eigenvalue weighted by molar-refractivity contribution is 7.27. The van der Waals surface area contributed by atoms with E-state index in [4.69, 9.17) is 4.99 Å². The molecule has 9 rings (SSSR count). The van der Waals surface area contributed by atoms with Crippen molar-refractivity contribution in [1.82, 2.24) is 4.57 Å². The zero-order chi connectivity index (χ0) is 31.3. The van der Waals surface area contributed by atoms with Crippen molar-refractivity contribution < 1.29 is 0 Å². The van der Waals surface area contributed by atoms with Crippen molar-refractivity contribution in [3.63, 3.8) is 0 Å². The molecule has 0 fully saturated rings. The Morgan fingerprint density at radius 3 is 2.02 bits per heavy atom. The Labute approximate surface area is 276 Å². The largest absolute Gasteiger partial charge is 0.308 e. The standard InChI is InChI=1S/C43H29N3S/c1-44-36-20-10-7-17-33(36)41(29-13-3-2-4-14-29)45-27-28-23-25-30(26-24-28)46-37-21-11-8-18-34(37)39-31-15-5-6-16-32(31)40-35-19-9-12-22-38(35)47-43(40)42(39)46/h2-26H,1,27H2. The maximum absolute atomic E-state index is 5.16. The second-order valence-corrected chi connectivity index (χ2v) is 12.8. The first-order valence-electron chi connectivity index (χ1n) is 15.8. The lowest BCUT2D eigenvalue weighted by molar-refractivity contribution is 1.06. The third-order valence-electron chi connectivity index (χ3n) is 9.14. The second-order valence-electron chi connectivity index (χ2n) is 11.8. The molecule has 0 aliphatic heterocycles. The van der Waals surface area contributed by atoms with Gasteiger partial charge in [0.1, 0.15) is 0 Å². The summed E-state index contributed by atoms with van der Waals surface area (Å²) in [4.78, 5) is 9.44. The Morgan fingerprint density at radius 1 is 0.596 bits per heavy atom. The molecule has 0 amide bonds. The number of aliphatic imine (C=N–C) groups is 2. The second kappa shape index (κ2) is 11.2. The van der Waals surface area contributed by atoms with Gasteiger partial charge in [0.2, 0.25) is 0 Å². The van der Waals surface area contributed by atoms with Gasteiger partial charge in [-0.3, -0.25) is 9.98 Å². The summed E-state index contributed by atoms with van der Waals surface area (Å²) in [6.07, 6.45) is 0. The van der Waals surface area contributed by atoms with E-state index in [1.165, 1.54) is 52.8 Å². The summed E-state index contributed by atoms with van der Waals surface area (Å²) in [6.45, 7) is 4.35. The Morgan fingerprint density at radius 2 is 1.23 bits per heavy atom. The van der Waals surface area contributed by atoms with E-state index in [0.717, 1.165) is 33.8 Å². The lowest BCUT2D eigenvalue weighted by Crippen LogP contribution is -2.04. The number of aromatic nitrogens is 1. The van der Waals surface area contributed by atoms with E-state index in [-0.39, 0.29) is 0 Å². The van der Waals surface area contributed by atoms with Crippen LogP contribution in [0.15, 0.2) is 162 Å². The van der Waals surface area contributed by atoms with Crippen molar-refractivity contribution in [2.45, 2.75) is 6.54 Å². The van der Waals surface area contributed by atoms with Gasteiger partial charge >= 0.3 is 0 Å². The van der Waals surface area contributed by atoms with Gasteiger partial charge in [-0.25, -0.2) is 0 Å². The zero-order valence-corrected chi connectivity index (χ0v) is 26.4. The fourth-order valence-electron chi connectivity index (χ4n) is 7.06. The Kier molecular flexibility index (Phi) is 6.54. The fourth-order valence-corrected chi connectivity index (χ4v) is 8.31. The molecule has 47 heavy (non-hydrogen) atoms. The topological polar surface area (TPSA) is 29.6 Å². The summed E-state index contributed by atoms with van der Waals surface area (Å²) in [5.74, 6) is 0. The molecule has 0 unspecified atom stereocenters. The van der Waals surface area contributed by atoms with Gasteiger partial charge in [0.15, 0.2) is 0 Å². The van der Waals surface area contributed by atoms with Gasteiger partial charge in [-0.05, 0) is 53.4 Å². The summed E-state index contributed by atoms with van der Waals surface area (Å²) < 4.78 is 5.10. The van der Waals surface area contributed by atoms with Crippen LogP contribution in [0.5, 0.6) is 0 Å². The first-order chi connectivity index (χ1) is 23.3. The van der Waals surface area contributed by atoms with Crippen molar-refractivity contribution >= 4 is 82.2 Å².